The number of benzene rings is 2. The third-order valence-corrected chi connectivity index (χ3v) is 4.33. The molecule has 2 aromatic carbocycles. The fourth-order valence-corrected chi connectivity index (χ4v) is 2.98. The number of halogens is 4. The van der Waals surface area contributed by atoms with E-state index >= 15 is 0 Å². The maximum atomic E-state index is 14.9. The highest BCUT2D eigenvalue weighted by atomic mass is 35.5. The van der Waals surface area contributed by atoms with Crippen LogP contribution >= 0.6 is 11.6 Å². The van der Waals surface area contributed by atoms with Crippen molar-refractivity contribution in [3.8, 4) is 5.69 Å². The highest BCUT2D eigenvalue weighted by Crippen LogP contribution is 2.31. The molecule has 2 heterocycles. The van der Waals surface area contributed by atoms with Crippen LogP contribution < -0.4 is 10.9 Å². The summed E-state index contributed by atoms with van der Waals surface area (Å²) in [6, 6.07) is 6.32. The standard InChI is InChI=1S/C18H11ClF3N5O/c1-26-8-23-10-2-3-11(17(22)15(10)18(26)28)24-12-6-9(19)7-13(16(12)21)27-5-4-14(20)25-27/h2-8,24H,1H3. The van der Waals surface area contributed by atoms with Crippen LogP contribution in [0.25, 0.3) is 16.6 Å². The molecule has 0 unspecified atom stereocenters. The first kappa shape index (κ1) is 18.1. The van der Waals surface area contributed by atoms with Crippen LogP contribution in [0.5, 0.6) is 0 Å². The SMILES string of the molecule is Cn1cnc2ccc(Nc3cc(Cl)cc(-n4ccc(F)n4)c3F)c(F)c2c1=O. The summed E-state index contributed by atoms with van der Waals surface area (Å²) in [6.45, 7) is 0. The van der Waals surface area contributed by atoms with Gasteiger partial charge in [0.1, 0.15) is 11.1 Å². The minimum atomic E-state index is -0.878. The van der Waals surface area contributed by atoms with Gasteiger partial charge in [-0.3, -0.25) is 4.79 Å². The minimum absolute atomic E-state index is 0.119. The molecule has 4 rings (SSSR count). The molecule has 0 bridgehead atoms. The average molecular weight is 406 g/mol. The van der Waals surface area contributed by atoms with Crippen molar-refractivity contribution in [1.29, 1.82) is 0 Å². The van der Waals surface area contributed by atoms with Gasteiger partial charge in [0.05, 0.1) is 23.2 Å². The Morgan fingerprint density at radius 2 is 1.86 bits per heavy atom. The zero-order chi connectivity index (χ0) is 20.0. The van der Waals surface area contributed by atoms with Gasteiger partial charge in [-0.15, -0.1) is 5.10 Å². The van der Waals surface area contributed by atoms with Crippen molar-refractivity contribution >= 4 is 33.9 Å². The molecule has 0 atom stereocenters. The van der Waals surface area contributed by atoms with E-state index in [1.807, 2.05) is 0 Å². The Morgan fingerprint density at radius 1 is 1.07 bits per heavy atom. The molecule has 2 aromatic heterocycles. The Labute approximate surface area is 160 Å². The number of aromatic nitrogens is 4. The van der Waals surface area contributed by atoms with Crippen LogP contribution in [0.4, 0.5) is 24.5 Å². The third-order valence-electron chi connectivity index (χ3n) is 4.12. The molecular weight excluding hydrogens is 395 g/mol. The van der Waals surface area contributed by atoms with Gasteiger partial charge in [0, 0.05) is 24.3 Å². The molecule has 0 fully saturated rings. The second-order valence-electron chi connectivity index (χ2n) is 5.98. The fraction of sp³-hybridized carbons (Fsp3) is 0.0556. The molecule has 0 aliphatic rings. The van der Waals surface area contributed by atoms with Gasteiger partial charge >= 0.3 is 0 Å². The van der Waals surface area contributed by atoms with Crippen LogP contribution in [0, 0.1) is 17.6 Å². The summed E-state index contributed by atoms with van der Waals surface area (Å²) in [7, 11) is 1.44. The van der Waals surface area contributed by atoms with Crippen LogP contribution in [-0.4, -0.2) is 19.3 Å². The van der Waals surface area contributed by atoms with E-state index in [2.05, 4.69) is 15.4 Å². The molecule has 0 aliphatic carbocycles. The normalized spacial score (nSPS) is 11.2. The van der Waals surface area contributed by atoms with Crippen LogP contribution in [0.3, 0.4) is 0 Å². The lowest BCUT2D eigenvalue weighted by molar-refractivity contribution is 0.557. The lowest BCUT2D eigenvalue weighted by atomic mass is 10.2. The van der Waals surface area contributed by atoms with Gasteiger partial charge in [0.2, 0.25) is 5.95 Å². The number of hydrogen-bond donors (Lipinski definition) is 1. The molecule has 0 saturated carbocycles. The maximum Gasteiger partial charge on any atom is 0.263 e. The maximum absolute atomic E-state index is 14.9. The number of rotatable bonds is 3. The van der Waals surface area contributed by atoms with E-state index in [0.29, 0.717) is 0 Å². The van der Waals surface area contributed by atoms with Crippen molar-refractivity contribution in [3.63, 3.8) is 0 Å². The van der Waals surface area contributed by atoms with Crippen LogP contribution in [0.2, 0.25) is 5.02 Å². The van der Waals surface area contributed by atoms with Gasteiger partial charge in [-0.25, -0.2) is 18.4 Å². The monoisotopic (exact) mass is 405 g/mol. The molecule has 0 spiro atoms. The predicted octanol–water partition coefficient (Wildman–Crippen LogP) is 3.93. The van der Waals surface area contributed by atoms with Crippen molar-refractivity contribution in [3.05, 3.63) is 75.8 Å². The molecule has 0 aliphatic heterocycles. The Morgan fingerprint density at radius 3 is 2.57 bits per heavy atom. The van der Waals surface area contributed by atoms with E-state index in [1.54, 1.807) is 0 Å². The molecule has 0 saturated heterocycles. The zero-order valence-corrected chi connectivity index (χ0v) is 15.0. The van der Waals surface area contributed by atoms with E-state index in [9.17, 15) is 18.0 Å². The molecule has 0 amide bonds. The first-order chi connectivity index (χ1) is 13.3. The largest absolute Gasteiger partial charge is 0.351 e. The van der Waals surface area contributed by atoms with Crippen LogP contribution in [-0.2, 0) is 7.05 Å². The van der Waals surface area contributed by atoms with Gasteiger partial charge in [-0.05, 0) is 24.3 Å². The lowest BCUT2D eigenvalue weighted by Gasteiger charge is -2.13. The summed E-state index contributed by atoms with van der Waals surface area (Å²) in [5.74, 6) is -2.50. The summed E-state index contributed by atoms with van der Waals surface area (Å²) in [5, 5.41) is 5.99. The van der Waals surface area contributed by atoms with Crippen molar-refractivity contribution < 1.29 is 13.2 Å². The van der Waals surface area contributed by atoms with E-state index < -0.39 is 23.1 Å². The Hall–Kier alpha value is -3.33. The first-order valence-corrected chi connectivity index (χ1v) is 8.34. The number of fused-ring (bicyclic) bond motifs is 1. The van der Waals surface area contributed by atoms with Crippen molar-refractivity contribution in [2.24, 2.45) is 7.05 Å². The van der Waals surface area contributed by atoms with E-state index in [0.717, 1.165) is 15.3 Å². The topological polar surface area (TPSA) is 64.7 Å². The molecular formula is C18H11ClF3N5O. The number of nitrogens with zero attached hydrogens (tertiary/aromatic N) is 4. The van der Waals surface area contributed by atoms with Crippen molar-refractivity contribution in [2.45, 2.75) is 0 Å². The second-order valence-corrected chi connectivity index (χ2v) is 6.41. The van der Waals surface area contributed by atoms with Gasteiger partial charge in [0.25, 0.3) is 5.56 Å². The molecule has 0 radical (unpaired) electrons. The molecule has 142 valence electrons. The van der Waals surface area contributed by atoms with Gasteiger partial charge in [-0.2, -0.15) is 4.39 Å². The molecule has 6 nitrogen and oxygen atoms in total. The molecule has 1 N–H and O–H groups in total. The highest BCUT2D eigenvalue weighted by molar-refractivity contribution is 6.31. The van der Waals surface area contributed by atoms with Gasteiger partial charge in [0.15, 0.2) is 11.6 Å². The van der Waals surface area contributed by atoms with Gasteiger partial charge < -0.3 is 9.88 Å². The van der Waals surface area contributed by atoms with E-state index in [4.69, 9.17) is 11.6 Å². The Bertz CT molecular complexity index is 1280. The number of aryl methyl sites for hydroxylation is 1. The summed E-state index contributed by atoms with van der Waals surface area (Å²) >= 11 is 6.03. The quantitative estimate of drug-likeness (QED) is 0.561. The number of anilines is 2. The highest BCUT2D eigenvalue weighted by Gasteiger charge is 2.17. The van der Waals surface area contributed by atoms with E-state index in [-0.39, 0.29) is 33.0 Å². The summed E-state index contributed by atoms with van der Waals surface area (Å²) in [4.78, 5) is 16.2. The van der Waals surface area contributed by atoms with Crippen LogP contribution in [0.15, 0.2) is 47.7 Å². The molecule has 4 aromatic rings. The zero-order valence-electron chi connectivity index (χ0n) is 14.3. The van der Waals surface area contributed by atoms with Crippen molar-refractivity contribution in [2.75, 3.05) is 5.32 Å². The number of nitrogens with one attached hydrogen (secondary N) is 1. The first-order valence-electron chi connectivity index (χ1n) is 7.96. The minimum Gasteiger partial charge on any atom is -0.351 e. The van der Waals surface area contributed by atoms with Crippen molar-refractivity contribution in [1.82, 2.24) is 19.3 Å². The predicted molar refractivity (Wildman–Crippen MR) is 98.7 cm³/mol. The Kier molecular flexibility index (Phi) is 4.31. The lowest BCUT2D eigenvalue weighted by Crippen LogP contribution is -2.18. The average Bonchev–Trinajstić information content (AvgIpc) is 3.09. The third kappa shape index (κ3) is 2.99. The van der Waals surface area contributed by atoms with Gasteiger partial charge in [-0.1, -0.05) is 11.6 Å². The fourth-order valence-electron chi connectivity index (χ4n) is 2.76. The summed E-state index contributed by atoms with van der Waals surface area (Å²) < 4.78 is 45.1. The molecule has 28 heavy (non-hydrogen) atoms. The smallest absolute Gasteiger partial charge is 0.263 e. The Balaban J connectivity index is 1.84. The van der Waals surface area contributed by atoms with Crippen LogP contribution in [0.1, 0.15) is 0 Å². The molecule has 10 heteroatoms. The summed E-state index contributed by atoms with van der Waals surface area (Å²) in [6.07, 6.45) is 2.50. The summed E-state index contributed by atoms with van der Waals surface area (Å²) in [5.41, 5.74) is -0.845. The number of hydrogen-bond acceptors (Lipinski definition) is 4. The van der Waals surface area contributed by atoms with E-state index in [1.165, 1.54) is 43.8 Å². The second kappa shape index (κ2) is 6.68.